The number of nitrogens with one attached hydrogen (secondary N) is 1. The Hall–Kier alpha value is -1.88. The summed E-state index contributed by atoms with van der Waals surface area (Å²) in [5, 5.41) is 14.2. The summed E-state index contributed by atoms with van der Waals surface area (Å²) in [4.78, 5) is 4.59. The van der Waals surface area contributed by atoms with Gasteiger partial charge in [-0.25, -0.2) is 0 Å². The summed E-state index contributed by atoms with van der Waals surface area (Å²) < 4.78 is 0. The van der Waals surface area contributed by atoms with Gasteiger partial charge in [0, 0.05) is 44.1 Å². The standard InChI is InChI=1S/C23H33N3O/c1-3-19-5-9-21(10-6-19)26(22-11-7-20(4-2)8-12-22)18-23(27)17-25-15-13-24-14-16-25/h5-12,23-24,27H,3-4,13-18H2,1-2H3. The summed E-state index contributed by atoms with van der Waals surface area (Å²) >= 11 is 0. The second-order valence-electron chi connectivity index (χ2n) is 7.36. The van der Waals surface area contributed by atoms with Crippen molar-refractivity contribution in [2.24, 2.45) is 0 Å². The van der Waals surface area contributed by atoms with Gasteiger partial charge < -0.3 is 15.3 Å². The molecule has 4 heteroatoms. The SMILES string of the molecule is CCc1ccc(N(CC(O)CN2CCNCC2)c2ccc(CC)cc2)cc1. The van der Waals surface area contributed by atoms with E-state index in [-0.39, 0.29) is 6.10 Å². The van der Waals surface area contributed by atoms with Crippen LogP contribution >= 0.6 is 0 Å². The van der Waals surface area contributed by atoms with Crippen molar-refractivity contribution in [3.05, 3.63) is 59.7 Å². The van der Waals surface area contributed by atoms with Crippen molar-refractivity contribution < 1.29 is 5.11 Å². The van der Waals surface area contributed by atoms with E-state index in [1.807, 2.05) is 0 Å². The zero-order chi connectivity index (χ0) is 19.1. The molecular weight excluding hydrogens is 334 g/mol. The van der Waals surface area contributed by atoms with Crippen molar-refractivity contribution in [1.29, 1.82) is 0 Å². The van der Waals surface area contributed by atoms with Crippen molar-refractivity contribution in [3.63, 3.8) is 0 Å². The van der Waals surface area contributed by atoms with Crippen LogP contribution in [0.25, 0.3) is 0 Å². The van der Waals surface area contributed by atoms with Gasteiger partial charge in [0.1, 0.15) is 0 Å². The van der Waals surface area contributed by atoms with Gasteiger partial charge in [0.2, 0.25) is 0 Å². The second kappa shape index (κ2) is 9.88. The molecule has 1 aliphatic rings. The molecule has 3 rings (SSSR count). The maximum atomic E-state index is 10.8. The Balaban J connectivity index is 1.77. The van der Waals surface area contributed by atoms with Gasteiger partial charge in [-0.1, -0.05) is 38.1 Å². The molecule has 0 aromatic heterocycles. The molecule has 1 unspecified atom stereocenters. The maximum absolute atomic E-state index is 10.8. The average Bonchev–Trinajstić information content (AvgIpc) is 2.73. The van der Waals surface area contributed by atoms with Crippen LogP contribution in [0.4, 0.5) is 11.4 Å². The molecule has 146 valence electrons. The van der Waals surface area contributed by atoms with Crippen LogP contribution in [0.1, 0.15) is 25.0 Å². The minimum Gasteiger partial charge on any atom is -0.390 e. The molecule has 1 aliphatic heterocycles. The molecule has 4 nitrogen and oxygen atoms in total. The number of piperazine rings is 1. The predicted molar refractivity (Wildman–Crippen MR) is 114 cm³/mol. The number of aryl methyl sites for hydroxylation is 2. The molecule has 0 aliphatic carbocycles. The fourth-order valence-corrected chi connectivity index (χ4v) is 3.64. The van der Waals surface area contributed by atoms with Crippen molar-refractivity contribution in [2.75, 3.05) is 44.2 Å². The highest BCUT2D eigenvalue weighted by atomic mass is 16.3. The van der Waals surface area contributed by atoms with Gasteiger partial charge in [-0.05, 0) is 48.2 Å². The largest absolute Gasteiger partial charge is 0.390 e. The van der Waals surface area contributed by atoms with Gasteiger partial charge in [-0.15, -0.1) is 0 Å². The van der Waals surface area contributed by atoms with E-state index in [0.29, 0.717) is 6.54 Å². The minimum absolute atomic E-state index is 0.389. The number of aliphatic hydroxyl groups is 1. The van der Waals surface area contributed by atoms with E-state index in [0.717, 1.165) is 56.9 Å². The summed E-state index contributed by atoms with van der Waals surface area (Å²) in [6, 6.07) is 17.4. The Morgan fingerprint density at radius 3 is 1.81 bits per heavy atom. The summed E-state index contributed by atoms with van der Waals surface area (Å²) in [5.74, 6) is 0. The van der Waals surface area contributed by atoms with Crippen molar-refractivity contribution in [3.8, 4) is 0 Å². The van der Waals surface area contributed by atoms with Crippen LogP contribution in [0, 0.1) is 0 Å². The van der Waals surface area contributed by atoms with Gasteiger partial charge in [-0.3, -0.25) is 4.90 Å². The van der Waals surface area contributed by atoms with Crippen LogP contribution in [0.2, 0.25) is 0 Å². The monoisotopic (exact) mass is 367 g/mol. The normalized spacial score (nSPS) is 16.3. The molecule has 27 heavy (non-hydrogen) atoms. The van der Waals surface area contributed by atoms with Crippen molar-refractivity contribution in [2.45, 2.75) is 32.8 Å². The van der Waals surface area contributed by atoms with Gasteiger partial charge in [0.25, 0.3) is 0 Å². The van der Waals surface area contributed by atoms with Gasteiger partial charge in [0.05, 0.1) is 12.6 Å². The quantitative estimate of drug-likeness (QED) is 0.751. The number of β-amino-alcohol motifs (C(OH)–C–C–N with tert-alkyl or cyclic N) is 1. The lowest BCUT2D eigenvalue weighted by atomic mass is 10.1. The molecule has 2 aromatic rings. The van der Waals surface area contributed by atoms with Gasteiger partial charge in [-0.2, -0.15) is 0 Å². The molecule has 0 bridgehead atoms. The third-order valence-electron chi connectivity index (χ3n) is 5.38. The molecule has 2 N–H and O–H groups in total. The van der Waals surface area contributed by atoms with E-state index in [1.54, 1.807) is 0 Å². The van der Waals surface area contributed by atoms with Crippen LogP contribution in [-0.2, 0) is 12.8 Å². The number of anilines is 2. The van der Waals surface area contributed by atoms with Gasteiger partial charge >= 0.3 is 0 Å². The molecule has 0 amide bonds. The van der Waals surface area contributed by atoms with E-state index in [4.69, 9.17) is 0 Å². The fraction of sp³-hybridized carbons (Fsp3) is 0.478. The Morgan fingerprint density at radius 1 is 0.889 bits per heavy atom. The van der Waals surface area contributed by atoms with Crippen LogP contribution in [0.3, 0.4) is 0 Å². The van der Waals surface area contributed by atoms with Crippen LogP contribution in [0.5, 0.6) is 0 Å². The highest BCUT2D eigenvalue weighted by molar-refractivity contribution is 5.64. The molecule has 2 aromatic carbocycles. The molecule has 1 atom stereocenters. The Kier molecular flexibility index (Phi) is 7.27. The third kappa shape index (κ3) is 5.55. The zero-order valence-corrected chi connectivity index (χ0v) is 16.7. The lowest BCUT2D eigenvalue weighted by Gasteiger charge is -2.32. The summed E-state index contributed by atoms with van der Waals surface area (Å²) in [6.07, 6.45) is 1.69. The molecule has 0 saturated carbocycles. The summed E-state index contributed by atoms with van der Waals surface area (Å²) in [6.45, 7) is 9.70. The second-order valence-corrected chi connectivity index (χ2v) is 7.36. The van der Waals surface area contributed by atoms with Crippen LogP contribution in [0.15, 0.2) is 48.5 Å². The smallest absolute Gasteiger partial charge is 0.0845 e. The Bertz CT molecular complexity index is 630. The maximum Gasteiger partial charge on any atom is 0.0845 e. The number of rotatable bonds is 8. The third-order valence-corrected chi connectivity index (χ3v) is 5.38. The topological polar surface area (TPSA) is 38.7 Å². The Morgan fingerprint density at radius 2 is 1.37 bits per heavy atom. The Labute approximate surface area is 163 Å². The van der Waals surface area contributed by atoms with E-state index in [1.165, 1.54) is 11.1 Å². The van der Waals surface area contributed by atoms with E-state index < -0.39 is 0 Å². The predicted octanol–water partition coefficient (Wildman–Crippen LogP) is 3.22. The average molecular weight is 368 g/mol. The number of benzene rings is 2. The van der Waals surface area contributed by atoms with Gasteiger partial charge in [0.15, 0.2) is 0 Å². The molecule has 0 spiro atoms. The first-order valence-electron chi connectivity index (χ1n) is 10.3. The lowest BCUT2D eigenvalue weighted by Crippen LogP contribution is -2.48. The van der Waals surface area contributed by atoms with Crippen molar-refractivity contribution >= 4 is 11.4 Å². The van der Waals surface area contributed by atoms with Crippen LogP contribution < -0.4 is 10.2 Å². The number of hydrogen-bond donors (Lipinski definition) is 2. The number of hydrogen-bond acceptors (Lipinski definition) is 4. The van der Waals surface area contributed by atoms with E-state index >= 15 is 0 Å². The first kappa shape index (κ1) is 19.9. The zero-order valence-electron chi connectivity index (χ0n) is 16.7. The first-order valence-corrected chi connectivity index (χ1v) is 10.3. The summed E-state index contributed by atoms with van der Waals surface area (Å²) in [7, 11) is 0. The molecule has 1 fully saturated rings. The minimum atomic E-state index is -0.389. The highest BCUT2D eigenvalue weighted by Crippen LogP contribution is 2.27. The highest BCUT2D eigenvalue weighted by Gasteiger charge is 2.19. The molecule has 1 heterocycles. The fourth-order valence-electron chi connectivity index (χ4n) is 3.64. The van der Waals surface area contributed by atoms with Crippen LogP contribution in [-0.4, -0.2) is 55.4 Å². The number of aliphatic hydroxyl groups excluding tert-OH is 1. The van der Waals surface area contributed by atoms with E-state index in [9.17, 15) is 5.11 Å². The van der Waals surface area contributed by atoms with E-state index in [2.05, 4.69) is 77.5 Å². The summed E-state index contributed by atoms with van der Waals surface area (Å²) in [5.41, 5.74) is 4.94. The molecular formula is C23H33N3O. The molecule has 1 saturated heterocycles. The van der Waals surface area contributed by atoms with Crippen molar-refractivity contribution in [1.82, 2.24) is 10.2 Å². The first-order chi connectivity index (χ1) is 13.2. The lowest BCUT2D eigenvalue weighted by molar-refractivity contribution is 0.111. The molecule has 0 radical (unpaired) electrons. The number of nitrogens with zero attached hydrogens (tertiary/aromatic N) is 2.